The van der Waals surface area contributed by atoms with Gasteiger partial charge in [0, 0.05) is 5.69 Å². The molecule has 1 unspecified atom stereocenters. The van der Waals surface area contributed by atoms with Gasteiger partial charge in [-0.25, -0.2) is 4.39 Å². The number of hydrogen-bond acceptors (Lipinski definition) is 2. The normalized spacial score (nSPS) is 20.0. The van der Waals surface area contributed by atoms with Crippen molar-refractivity contribution in [1.82, 2.24) is 0 Å². The van der Waals surface area contributed by atoms with Gasteiger partial charge in [-0.1, -0.05) is 6.42 Å². The summed E-state index contributed by atoms with van der Waals surface area (Å²) in [6, 6.07) is 4.62. The molecule has 2 rings (SSSR count). The Labute approximate surface area is 112 Å². The number of rotatable bonds is 2. The number of halogens is 2. The van der Waals surface area contributed by atoms with Gasteiger partial charge in [0.1, 0.15) is 5.82 Å². The molecule has 1 amide bonds. The van der Waals surface area contributed by atoms with Crippen molar-refractivity contribution in [2.75, 3.05) is 11.1 Å². The second kappa shape index (κ2) is 5.87. The highest BCUT2D eigenvalue weighted by atomic mass is 79.9. The third kappa shape index (κ3) is 3.45. The molecule has 1 N–H and O–H groups in total. The maximum Gasteiger partial charge on any atom is 0.237 e. The molecule has 0 aromatic heterocycles. The molecular formula is C12H13BrFNOS. The number of hydrogen-bond donors (Lipinski definition) is 1. The molecular weight excluding hydrogens is 305 g/mol. The first-order valence-corrected chi connectivity index (χ1v) is 7.38. The number of carbonyl (C=O) groups excluding carboxylic acids is 1. The molecule has 1 aromatic carbocycles. The van der Waals surface area contributed by atoms with Crippen LogP contribution in [0.15, 0.2) is 22.7 Å². The fraction of sp³-hybridized carbons (Fsp3) is 0.417. The molecule has 1 aromatic rings. The van der Waals surface area contributed by atoms with Crippen LogP contribution >= 0.6 is 27.7 Å². The van der Waals surface area contributed by atoms with Crippen molar-refractivity contribution in [3.63, 3.8) is 0 Å². The monoisotopic (exact) mass is 317 g/mol. The summed E-state index contributed by atoms with van der Waals surface area (Å²) in [4.78, 5) is 11.9. The highest BCUT2D eigenvalue weighted by Gasteiger charge is 2.21. The Morgan fingerprint density at radius 3 is 2.94 bits per heavy atom. The van der Waals surface area contributed by atoms with Gasteiger partial charge in [0.25, 0.3) is 0 Å². The Bertz CT molecular complexity index is 421. The van der Waals surface area contributed by atoms with E-state index in [0.717, 1.165) is 18.6 Å². The zero-order chi connectivity index (χ0) is 12.3. The molecule has 1 saturated heterocycles. The van der Waals surface area contributed by atoms with Gasteiger partial charge in [0.15, 0.2) is 0 Å². The second-order valence-electron chi connectivity index (χ2n) is 3.97. The lowest BCUT2D eigenvalue weighted by Crippen LogP contribution is -2.27. The molecule has 0 saturated carbocycles. The lowest BCUT2D eigenvalue weighted by atomic mass is 10.2. The van der Waals surface area contributed by atoms with E-state index in [4.69, 9.17) is 0 Å². The number of benzene rings is 1. The molecule has 1 heterocycles. The van der Waals surface area contributed by atoms with Crippen molar-refractivity contribution < 1.29 is 9.18 Å². The Kier molecular flexibility index (Phi) is 4.45. The molecule has 1 atom stereocenters. The van der Waals surface area contributed by atoms with Crippen LogP contribution in [0.1, 0.15) is 19.3 Å². The minimum Gasteiger partial charge on any atom is -0.325 e. The summed E-state index contributed by atoms with van der Waals surface area (Å²) >= 11 is 4.76. The summed E-state index contributed by atoms with van der Waals surface area (Å²) in [5, 5.41) is 2.77. The molecule has 0 spiro atoms. The van der Waals surface area contributed by atoms with E-state index in [1.165, 1.54) is 12.5 Å². The van der Waals surface area contributed by atoms with Gasteiger partial charge >= 0.3 is 0 Å². The number of nitrogens with one attached hydrogen (secondary N) is 1. The predicted octanol–water partition coefficient (Wildman–Crippen LogP) is 3.81. The highest BCUT2D eigenvalue weighted by molar-refractivity contribution is 9.10. The van der Waals surface area contributed by atoms with Gasteiger partial charge < -0.3 is 5.32 Å². The Balaban J connectivity index is 1.99. The van der Waals surface area contributed by atoms with E-state index in [0.29, 0.717) is 10.2 Å². The lowest BCUT2D eigenvalue weighted by Gasteiger charge is -2.20. The summed E-state index contributed by atoms with van der Waals surface area (Å²) in [5.41, 5.74) is 0.516. The van der Waals surface area contributed by atoms with Crippen LogP contribution in [-0.2, 0) is 4.79 Å². The molecule has 5 heteroatoms. The van der Waals surface area contributed by atoms with Gasteiger partial charge in [-0.3, -0.25) is 4.79 Å². The van der Waals surface area contributed by atoms with Gasteiger partial charge in [-0.05, 0) is 52.7 Å². The quantitative estimate of drug-likeness (QED) is 0.898. The van der Waals surface area contributed by atoms with E-state index in [9.17, 15) is 9.18 Å². The van der Waals surface area contributed by atoms with Crippen LogP contribution in [0.4, 0.5) is 10.1 Å². The molecule has 92 valence electrons. The van der Waals surface area contributed by atoms with Crippen molar-refractivity contribution in [1.29, 1.82) is 0 Å². The minimum absolute atomic E-state index is 0.00968. The molecule has 17 heavy (non-hydrogen) atoms. The SMILES string of the molecule is O=C(Nc1ccc(Br)c(F)c1)C1CCCCS1. The van der Waals surface area contributed by atoms with Gasteiger partial charge in [0.2, 0.25) is 5.91 Å². The van der Waals surface area contributed by atoms with Crippen LogP contribution in [0.5, 0.6) is 0 Å². The van der Waals surface area contributed by atoms with E-state index in [1.54, 1.807) is 23.9 Å². The molecule has 0 bridgehead atoms. The van der Waals surface area contributed by atoms with Crippen molar-refractivity contribution in [3.05, 3.63) is 28.5 Å². The first-order valence-electron chi connectivity index (χ1n) is 5.54. The topological polar surface area (TPSA) is 29.1 Å². The van der Waals surface area contributed by atoms with Gasteiger partial charge in [0.05, 0.1) is 9.72 Å². The maximum absolute atomic E-state index is 13.3. The molecule has 1 fully saturated rings. The summed E-state index contributed by atoms with van der Waals surface area (Å²) in [6.45, 7) is 0. The van der Waals surface area contributed by atoms with Crippen LogP contribution < -0.4 is 5.32 Å². The number of carbonyl (C=O) groups is 1. The molecule has 2 nitrogen and oxygen atoms in total. The largest absolute Gasteiger partial charge is 0.325 e. The van der Waals surface area contributed by atoms with Crippen molar-refractivity contribution >= 4 is 39.3 Å². The van der Waals surface area contributed by atoms with E-state index in [-0.39, 0.29) is 17.0 Å². The first-order chi connectivity index (χ1) is 8.16. The van der Waals surface area contributed by atoms with Crippen LogP contribution in [0, 0.1) is 5.82 Å². The van der Waals surface area contributed by atoms with Gasteiger partial charge in [-0.2, -0.15) is 0 Å². The third-order valence-corrected chi connectivity index (χ3v) is 4.68. The van der Waals surface area contributed by atoms with Crippen LogP contribution in [0.3, 0.4) is 0 Å². The standard InChI is InChI=1S/C12H13BrFNOS/c13-9-5-4-8(7-10(9)14)15-12(16)11-3-1-2-6-17-11/h4-5,7,11H,1-3,6H2,(H,15,16). The van der Waals surface area contributed by atoms with Crippen LogP contribution in [0.25, 0.3) is 0 Å². The van der Waals surface area contributed by atoms with Crippen molar-refractivity contribution in [2.24, 2.45) is 0 Å². The van der Waals surface area contributed by atoms with Crippen molar-refractivity contribution in [2.45, 2.75) is 24.5 Å². The Hall–Kier alpha value is -0.550. The average Bonchev–Trinajstić information content (AvgIpc) is 2.35. The average molecular weight is 318 g/mol. The highest BCUT2D eigenvalue weighted by Crippen LogP contribution is 2.26. The molecule has 0 aliphatic carbocycles. The van der Waals surface area contributed by atoms with E-state index in [2.05, 4.69) is 21.2 Å². The van der Waals surface area contributed by atoms with E-state index < -0.39 is 0 Å². The number of thioether (sulfide) groups is 1. The Morgan fingerprint density at radius 2 is 2.29 bits per heavy atom. The van der Waals surface area contributed by atoms with Crippen LogP contribution in [-0.4, -0.2) is 16.9 Å². The molecule has 0 radical (unpaired) electrons. The minimum atomic E-state index is -0.362. The van der Waals surface area contributed by atoms with E-state index >= 15 is 0 Å². The zero-order valence-corrected chi connectivity index (χ0v) is 11.6. The smallest absolute Gasteiger partial charge is 0.237 e. The summed E-state index contributed by atoms with van der Waals surface area (Å²) in [5.74, 6) is 0.655. The number of amides is 1. The van der Waals surface area contributed by atoms with Crippen LogP contribution in [0.2, 0.25) is 0 Å². The first kappa shape index (κ1) is 12.9. The summed E-state index contributed by atoms with van der Waals surface area (Å²) in [7, 11) is 0. The van der Waals surface area contributed by atoms with E-state index in [1.807, 2.05) is 0 Å². The second-order valence-corrected chi connectivity index (χ2v) is 6.14. The van der Waals surface area contributed by atoms with Crippen molar-refractivity contribution in [3.8, 4) is 0 Å². The third-order valence-electron chi connectivity index (χ3n) is 2.66. The summed E-state index contributed by atoms with van der Waals surface area (Å²) < 4.78 is 13.7. The molecule has 1 aliphatic rings. The Morgan fingerprint density at radius 1 is 1.47 bits per heavy atom. The lowest BCUT2D eigenvalue weighted by molar-refractivity contribution is -0.115. The number of anilines is 1. The molecule has 1 aliphatic heterocycles. The maximum atomic E-state index is 13.3. The van der Waals surface area contributed by atoms with Gasteiger partial charge in [-0.15, -0.1) is 11.8 Å². The fourth-order valence-corrected chi connectivity index (χ4v) is 3.19. The zero-order valence-electron chi connectivity index (χ0n) is 9.21. The fourth-order valence-electron chi connectivity index (χ4n) is 1.74. The predicted molar refractivity (Wildman–Crippen MR) is 72.8 cm³/mol. The summed E-state index contributed by atoms with van der Waals surface area (Å²) in [6.07, 6.45) is 3.19.